The second-order valence-corrected chi connectivity index (χ2v) is 20.7. The molecule has 27 heteroatoms. The van der Waals surface area contributed by atoms with Gasteiger partial charge in [0.15, 0.2) is 0 Å². The van der Waals surface area contributed by atoms with Crippen LogP contribution in [0, 0.1) is 18.3 Å². The summed E-state index contributed by atoms with van der Waals surface area (Å²) < 4.78 is 60.6. The molecular weight excluding hydrogens is 1060 g/mol. The molecule has 5 aromatic heterocycles. The minimum Gasteiger partial charge on any atom is -0.382 e. The molecule has 0 saturated carbocycles. The number of H-pyrrole nitrogens is 1. The van der Waals surface area contributed by atoms with Crippen LogP contribution in [0.3, 0.4) is 0 Å². The lowest BCUT2D eigenvalue weighted by molar-refractivity contribution is -0.136. The van der Waals surface area contributed by atoms with Gasteiger partial charge in [0.1, 0.15) is 40.5 Å². The van der Waals surface area contributed by atoms with Crippen molar-refractivity contribution in [3.63, 3.8) is 0 Å². The number of hydrogen-bond donors (Lipinski definition) is 5. The van der Waals surface area contributed by atoms with Crippen molar-refractivity contribution >= 4 is 73.5 Å². The van der Waals surface area contributed by atoms with Crippen LogP contribution in [0.1, 0.15) is 79.4 Å². The fraction of sp³-hybridized carbons (Fsp3) is 0.415. The number of nitrogens with one attached hydrogen (secondary N) is 5. The molecule has 3 atom stereocenters. The van der Waals surface area contributed by atoms with Crippen molar-refractivity contribution in [2.24, 2.45) is 0 Å². The number of aromatic amines is 1. The predicted octanol–water partition coefficient (Wildman–Crippen LogP) is 4.62. The Balaban J connectivity index is 0.680. The molecule has 0 spiro atoms. The number of hydrogen-bond acceptors (Lipinski definition) is 18. The van der Waals surface area contributed by atoms with Gasteiger partial charge in [-0.1, -0.05) is 17.3 Å². The molecule has 3 unspecified atom stereocenters. The van der Waals surface area contributed by atoms with Gasteiger partial charge in [-0.15, -0.1) is 16.4 Å². The molecule has 2 aromatic carbocycles. The van der Waals surface area contributed by atoms with E-state index in [9.17, 15) is 42.4 Å². The van der Waals surface area contributed by atoms with Gasteiger partial charge in [0, 0.05) is 65.3 Å². The third kappa shape index (κ3) is 12.6. The number of anilines is 2. The maximum Gasteiger partial charge on any atom is 0.393 e. The van der Waals surface area contributed by atoms with Crippen molar-refractivity contribution in [2.75, 3.05) is 63.4 Å². The van der Waals surface area contributed by atoms with E-state index in [0.29, 0.717) is 112 Å². The number of imide groups is 2. The number of aryl methyl sites for hydroxylation is 1. The molecule has 3 aliphatic heterocycles. The van der Waals surface area contributed by atoms with Crippen LogP contribution < -0.4 is 21.3 Å². The van der Waals surface area contributed by atoms with Crippen molar-refractivity contribution in [2.45, 2.75) is 89.5 Å². The molecule has 23 nitrogen and oxygen atoms in total. The molecule has 8 heterocycles. The summed E-state index contributed by atoms with van der Waals surface area (Å²) in [5.74, 6) is -2.11. The van der Waals surface area contributed by atoms with Crippen molar-refractivity contribution in [1.29, 1.82) is 5.26 Å². The second kappa shape index (κ2) is 24.5. The summed E-state index contributed by atoms with van der Waals surface area (Å²) in [7, 11) is 0. The number of piperidine rings is 2. The molecule has 0 radical (unpaired) electrons. The van der Waals surface area contributed by atoms with Gasteiger partial charge in [-0.05, 0) is 67.6 Å². The third-order valence-corrected chi connectivity index (χ3v) is 15.3. The second-order valence-electron chi connectivity index (χ2n) is 19.5. The number of thiophene rings is 1. The van der Waals surface area contributed by atoms with E-state index in [1.165, 1.54) is 18.5 Å². The lowest BCUT2D eigenvalue weighted by Gasteiger charge is -2.39. The van der Waals surface area contributed by atoms with Crippen LogP contribution in [-0.4, -0.2) is 156 Å². The zero-order valence-electron chi connectivity index (χ0n) is 43.4. The SMILES string of the molecule is Cc1c(CN2CCC(Nc3ncnc4sc(CC(F)(F)F)cc34)CC2C(=O)NCc2cn(CCOCCOCCOCCNc3cccc4c3C(=O)N(C3CCC(=O)NC3=O)C4=O)nn2)ccc2c1cc(C#N)n2Cc1cn[nH]c1. The summed E-state index contributed by atoms with van der Waals surface area (Å²) in [4.78, 5) is 77.0. The van der Waals surface area contributed by atoms with Crippen LogP contribution in [0.4, 0.5) is 24.7 Å². The van der Waals surface area contributed by atoms with E-state index in [1.54, 1.807) is 35.4 Å². The van der Waals surface area contributed by atoms with E-state index in [-0.39, 0.29) is 53.9 Å². The predicted molar refractivity (Wildman–Crippen MR) is 283 cm³/mol. The fourth-order valence-electron chi connectivity index (χ4n) is 10.3. The summed E-state index contributed by atoms with van der Waals surface area (Å²) >= 11 is 0.975. The van der Waals surface area contributed by atoms with E-state index in [0.717, 1.165) is 43.8 Å². The Morgan fingerprint density at radius 2 is 1.77 bits per heavy atom. The number of aromatic nitrogens is 8. The summed E-state index contributed by atoms with van der Waals surface area (Å²) in [5, 5.41) is 38.7. The molecule has 0 bridgehead atoms. The zero-order chi connectivity index (χ0) is 55.9. The largest absolute Gasteiger partial charge is 0.393 e. The Labute approximate surface area is 459 Å². The Morgan fingerprint density at radius 1 is 0.963 bits per heavy atom. The first kappa shape index (κ1) is 55.2. The summed E-state index contributed by atoms with van der Waals surface area (Å²) in [6, 6.07) is 12.6. The highest BCUT2D eigenvalue weighted by atomic mass is 32.1. The number of carbonyl (C=O) groups excluding carboxylic acids is 5. The fourth-order valence-corrected chi connectivity index (χ4v) is 11.3. The first-order valence-corrected chi connectivity index (χ1v) is 26.8. The van der Waals surface area contributed by atoms with Gasteiger partial charge in [0.05, 0.1) is 101 Å². The highest BCUT2D eigenvalue weighted by Crippen LogP contribution is 2.36. The molecule has 5 amide bonds. The van der Waals surface area contributed by atoms with E-state index in [2.05, 4.69) is 62.7 Å². The van der Waals surface area contributed by atoms with Crippen molar-refractivity contribution in [3.05, 3.63) is 111 Å². The zero-order valence-corrected chi connectivity index (χ0v) is 44.2. The van der Waals surface area contributed by atoms with Crippen molar-refractivity contribution in [3.8, 4) is 6.07 Å². The van der Waals surface area contributed by atoms with Gasteiger partial charge < -0.3 is 34.7 Å². The highest BCUT2D eigenvalue weighted by molar-refractivity contribution is 7.18. The molecular formula is C53H56F3N15O8S. The minimum absolute atomic E-state index is 0.0351. The van der Waals surface area contributed by atoms with Crippen LogP contribution >= 0.6 is 11.3 Å². The van der Waals surface area contributed by atoms with Gasteiger partial charge in [-0.2, -0.15) is 23.5 Å². The van der Waals surface area contributed by atoms with Crippen LogP contribution in [0.2, 0.25) is 0 Å². The number of benzene rings is 2. The lowest BCUT2D eigenvalue weighted by Crippen LogP contribution is -2.54. The Bertz CT molecular complexity index is 3470. The average Bonchev–Trinajstić information content (AvgIpc) is 4.38. The van der Waals surface area contributed by atoms with E-state index in [1.807, 2.05) is 29.7 Å². The van der Waals surface area contributed by atoms with E-state index < -0.39 is 48.3 Å². The first-order valence-electron chi connectivity index (χ1n) is 26.0. The maximum atomic E-state index is 14.3. The molecule has 2 saturated heterocycles. The number of halogens is 3. The summed E-state index contributed by atoms with van der Waals surface area (Å²) in [6.45, 7) is 6.09. The van der Waals surface area contributed by atoms with Gasteiger partial charge in [-0.3, -0.25) is 44.2 Å². The number of carbonyl (C=O) groups is 5. The van der Waals surface area contributed by atoms with Crippen LogP contribution in [0.25, 0.3) is 21.1 Å². The van der Waals surface area contributed by atoms with Crippen LogP contribution in [-0.2, 0) is 61.2 Å². The summed E-state index contributed by atoms with van der Waals surface area (Å²) in [6.07, 6.45) is 2.21. The third-order valence-electron chi connectivity index (χ3n) is 14.2. The van der Waals surface area contributed by atoms with Crippen LogP contribution in [0.5, 0.6) is 0 Å². The molecule has 10 rings (SSSR count). The molecule has 2 fully saturated rings. The van der Waals surface area contributed by atoms with Crippen molar-refractivity contribution < 1.29 is 51.4 Å². The number of rotatable bonds is 24. The number of nitrogens with zero attached hydrogens (tertiary/aromatic N) is 10. The maximum absolute atomic E-state index is 14.3. The molecule has 80 heavy (non-hydrogen) atoms. The van der Waals surface area contributed by atoms with Crippen LogP contribution in [0.15, 0.2) is 67.4 Å². The van der Waals surface area contributed by atoms with Gasteiger partial charge in [-0.25, -0.2) is 14.6 Å². The topological polar surface area (TPSA) is 282 Å². The first-order chi connectivity index (χ1) is 38.7. The van der Waals surface area contributed by atoms with Gasteiger partial charge >= 0.3 is 6.18 Å². The monoisotopic (exact) mass is 1120 g/mol. The summed E-state index contributed by atoms with van der Waals surface area (Å²) in [5.41, 5.74) is 5.65. The normalized spacial score (nSPS) is 17.8. The molecule has 5 N–H and O–H groups in total. The number of ether oxygens (including phenoxy) is 3. The number of amides is 5. The lowest BCUT2D eigenvalue weighted by atomic mass is 9.94. The van der Waals surface area contributed by atoms with E-state index >= 15 is 0 Å². The molecule has 0 aliphatic carbocycles. The average molecular weight is 1120 g/mol. The quantitative estimate of drug-likeness (QED) is 0.0408. The Kier molecular flexibility index (Phi) is 16.9. The van der Waals surface area contributed by atoms with E-state index in [4.69, 9.17) is 14.2 Å². The standard InChI is InChI=1S/C53H56F3N15O8S/c1-31-33(5-6-42-39(31)20-36(23-57)70(42)27-32-24-62-63-25-32)28-68-11-9-34(64-47-40-21-37(22-53(54,55)56)80-50(40)61-30-60-47)19-44(68)48(73)59-26-35-29-69(67-66-35)12-14-78-16-18-79-17-15-77-13-10-58-41-4-2-3-38-46(41)52(76)71(51(38)75)43-7-8-45(72)65-49(43)74/h2-6,20-21,24-25,29-30,34,43-44,58H,7-19,22,26-28H2,1H3,(H,59,73)(H,62,63)(H,60,61,64)(H,65,72,74). The number of fused-ring (bicyclic) bond motifs is 3. The Hall–Kier alpha value is -8.16. The number of likely N-dealkylation sites (tertiary alicyclic amines) is 1. The molecule has 3 aliphatic rings. The highest BCUT2D eigenvalue weighted by Gasteiger charge is 2.46. The number of nitriles is 1. The van der Waals surface area contributed by atoms with Gasteiger partial charge in [0.25, 0.3) is 11.8 Å². The van der Waals surface area contributed by atoms with Crippen molar-refractivity contribution in [1.82, 2.24) is 60.2 Å². The minimum atomic E-state index is -4.37. The molecule has 7 aromatic rings. The Morgan fingerprint density at radius 3 is 2.55 bits per heavy atom. The smallest absolute Gasteiger partial charge is 0.382 e. The molecule has 418 valence electrons. The van der Waals surface area contributed by atoms with Gasteiger partial charge in [0.2, 0.25) is 17.7 Å². The number of alkyl halides is 3.